The molecule has 2 aliphatic carbocycles. The summed E-state index contributed by atoms with van der Waals surface area (Å²) in [6.45, 7) is 0. The second-order valence-electron chi connectivity index (χ2n) is 8.07. The number of carbonyl (C=O) groups is 4. The van der Waals surface area contributed by atoms with Crippen LogP contribution in [0.2, 0.25) is 5.02 Å². The molecule has 2 saturated carbocycles. The van der Waals surface area contributed by atoms with Gasteiger partial charge in [0.1, 0.15) is 21.6 Å². The number of rotatable bonds is 6. The first-order valence-electron chi connectivity index (χ1n) is 10.1. The second kappa shape index (κ2) is 9.13. The smallest absolute Gasteiger partial charge is 0.257 e. The van der Waals surface area contributed by atoms with E-state index in [4.69, 9.17) is 34.8 Å². The highest BCUT2D eigenvalue weighted by atomic mass is 35.5. The standard InChI is InChI=1S/C22H16Cl3F2N3O4/c23-14-2-1-10(28-21(34)13-8-22(13,24)25)7-12(14)20(33)29-16-4-3-15(26)18(17(16)27)30-19(32)9-5-11(31)6-9/h1-4,7,9,13H,5-6,8H2,(H,28,34)(H,29,33)(H,30,32). The van der Waals surface area contributed by atoms with Gasteiger partial charge in [0.2, 0.25) is 11.8 Å². The number of halogens is 5. The minimum Gasteiger partial charge on any atom is -0.326 e. The lowest BCUT2D eigenvalue weighted by Gasteiger charge is -2.23. The van der Waals surface area contributed by atoms with Gasteiger partial charge in [-0.2, -0.15) is 0 Å². The van der Waals surface area contributed by atoms with Crippen LogP contribution in [0.3, 0.4) is 0 Å². The summed E-state index contributed by atoms with van der Waals surface area (Å²) in [5.74, 6) is -5.58. The first-order valence-corrected chi connectivity index (χ1v) is 11.2. The van der Waals surface area contributed by atoms with Gasteiger partial charge in [0.15, 0.2) is 5.82 Å². The van der Waals surface area contributed by atoms with Gasteiger partial charge in [-0.25, -0.2) is 8.78 Å². The Morgan fingerprint density at radius 2 is 1.65 bits per heavy atom. The minimum atomic E-state index is -1.21. The molecule has 2 aromatic carbocycles. The zero-order chi connectivity index (χ0) is 24.8. The van der Waals surface area contributed by atoms with Crippen LogP contribution < -0.4 is 16.0 Å². The number of benzene rings is 2. The summed E-state index contributed by atoms with van der Waals surface area (Å²) in [4.78, 5) is 48.1. The molecule has 178 valence electrons. The fourth-order valence-electron chi connectivity index (χ4n) is 3.36. The van der Waals surface area contributed by atoms with Gasteiger partial charge in [0, 0.05) is 18.5 Å². The molecule has 12 heteroatoms. The van der Waals surface area contributed by atoms with Crippen molar-refractivity contribution in [3.8, 4) is 0 Å². The third-order valence-electron chi connectivity index (χ3n) is 5.53. The van der Waals surface area contributed by atoms with Gasteiger partial charge < -0.3 is 16.0 Å². The topological polar surface area (TPSA) is 104 Å². The molecule has 4 rings (SSSR count). The van der Waals surface area contributed by atoms with Gasteiger partial charge >= 0.3 is 0 Å². The maximum Gasteiger partial charge on any atom is 0.257 e. The predicted octanol–water partition coefficient (Wildman–Crippen LogP) is 4.92. The summed E-state index contributed by atoms with van der Waals surface area (Å²) in [6, 6.07) is 5.96. The van der Waals surface area contributed by atoms with E-state index in [1.54, 1.807) is 0 Å². The molecule has 3 amide bonds. The van der Waals surface area contributed by atoms with E-state index in [-0.39, 0.29) is 34.9 Å². The second-order valence-corrected chi connectivity index (χ2v) is 10.0. The molecule has 7 nitrogen and oxygen atoms in total. The Morgan fingerprint density at radius 3 is 2.26 bits per heavy atom. The molecule has 2 aromatic rings. The van der Waals surface area contributed by atoms with Gasteiger partial charge in [-0.3, -0.25) is 19.2 Å². The summed E-state index contributed by atoms with van der Waals surface area (Å²) in [5, 5.41) is 7.00. The van der Waals surface area contributed by atoms with E-state index in [1.807, 2.05) is 0 Å². The molecule has 1 atom stereocenters. The number of amides is 3. The number of alkyl halides is 2. The molecule has 0 heterocycles. The highest BCUT2D eigenvalue weighted by Crippen LogP contribution is 2.53. The van der Waals surface area contributed by atoms with E-state index < -0.39 is 56.9 Å². The van der Waals surface area contributed by atoms with Gasteiger partial charge in [0.25, 0.3) is 5.91 Å². The predicted molar refractivity (Wildman–Crippen MR) is 123 cm³/mol. The lowest BCUT2D eigenvalue weighted by atomic mass is 9.83. The molecular formula is C22H16Cl3F2N3O4. The van der Waals surface area contributed by atoms with E-state index in [9.17, 15) is 28.0 Å². The van der Waals surface area contributed by atoms with E-state index >= 15 is 0 Å². The van der Waals surface area contributed by atoms with Gasteiger partial charge in [-0.05, 0) is 36.8 Å². The molecular weight excluding hydrogens is 515 g/mol. The van der Waals surface area contributed by atoms with Crippen molar-refractivity contribution in [1.29, 1.82) is 0 Å². The van der Waals surface area contributed by atoms with Crippen molar-refractivity contribution in [3.63, 3.8) is 0 Å². The van der Waals surface area contributed by atoms with E-state index in [0.29, 0.717) is 6.42 Å². The lowest BCUT2D eigenvalue weighted by Crippen LogP contribution is -2.35. The average molecular weight is 531 g/mol. The number of Topliss-reactive ketones (excluding diaryl/α,β-unsaturated/α-hetero) is 1. The van der Waals surface area contributed by atoms with E-state index in [2.05, 4.69) is 16.0 Å². The highest BCUT2D eigenvalue weighted by Gasteiger charge is 2.56. The molecule has 0 aromatic heterocycles. The quantitative estimate of drug-likeness (QED) is 0.461. The van der Waals surface area contributed by atoms with Crippen molar-refractivity contribution < 1.29 is 28.0 Å². The Morgan fingerprint density at radius 1 is 0.971 bits per heavy atom. The number of hydrogen-bond acceptors (Lipinski definition) is 4. The maximum absolute atomic E-state index is 14.9. The highest BCUT2D eigenvalue weighted by molar-refractivity contribution is 6.52. The fourth-order valence-corrected chi connectivity index (χ4v) is 4.07. The summed E-state index contributed by atoms with van der Waals surface area (Å²) in [7, 11) is 0. The first kappa shape index (κ1) is 24.4. The largest absolute Gasteiger partial charge is 0.326 e. The van der Waals surface area contributed by atoms with Crippen LogP contribution in [0.25, 0.3) is 0 Å². The van der Waals surface area contributed by atoms with Gasteiger partial charge in [-0.15, -0.1) is 23.2 Å². The first-order chi connectivity index (χ1) is 16.0. The zero-order valence-electron chi connectivity index (χ0n) is 17.2. The molecule has 2 fully saturated rings. The molecule has 3 N–H and O–H groups in total. The van der Waals surface area contributed by atoms with Crippen molar-refractivity contribution in [3.05, 3.63) is 52.6 Å². The summed E-state index contributed by atoms with van der Waals surface area (Å²) in [5.41, 5.74) is -1.02. The van der Waals surface area contributed by atoms with Gasteiger partial charge in [0.05, 0.1) is 28.1 Å². The summed E-state index contributed by atoms with van der Waals surface area (Å²) >= 11 is 17.9. The molecule has 0 aliphatic heterocycles. The number of carbonyl (C=O) groups excluding carboxylic acids is 4. The Balaban J connectivity index is 1.49. The lowest BCUT2D eigenvalue weighted by molar-refractivity contribution is -0.135. The summed E-state index contributed by atoms with van der Waals surface area (Å²) < 4.78 is 27.9. The maximum atomic E-state index is 14.9. The van der Waals surface area contributed by atoms with Crippen LogP contribution >= 0.6 is 34.8 Å². The van der Waals surface area contributed by atoms with Crippen LogP contribution in [0.15, 0.2) is 30.3 Å². The Kier molecular flexibility index (Phi) is 6.54. The van der Waals surface area contributed by atoms with Crippen LogP contribution in [-0.2, 0) is 14.4 Å². The molecule has 0 spiro atoms. The van der Waals surface area contributed by atoms with Crippen LogP contribution in [0.1, 0.15) is 29.6 Å². The molecule has 0 radical (unpaired) electrons. The zero-order valence-corrected chi connectivity index (χ0v) is 19.5. The molecule has 2 aliphatic rings. The van der Waals surface area contributed by atoms with Crippen molar-refractivity contribution in [2.75, 3.05) is 16.0 Å². The van der Waals surface area contributed by atoms with Crippen molar-refractivity contribution >= 4 is 75.4 Å². The molecule has 0 bridgehead atoms. The fraction of sp³-hybridized carbons (Fsp3) is 0.273. The Bertz CT molecular complexity index is 1230. The van der Waals surface area contributed by atoms with Crippen LogP contribution in [-0.4, -0.2) is 27.8 Å². The van der Waals surface area contributed by atoms with E-state index in [1.165, 1.54) is 18.2 Å². The van der Waals surface area contributed by atoms with E-state index in [0.717, 1.165) is 12.1 Å². The normalized spacial score (nSPS) is 18.6. The third kappa shape index (κ3) is 5.01. The van der Waals surface area contributed by atoms with Crippen molar-refractivity contribution in [2.24, 2.45) is 11.8 Å². The van der Waals surface area contributed by atoms with Crippen molar-refractivity contribution in [1.82, 2.24) is 0 Å². The number of anilines is 3. The SMILES string of the molecule is O=C1CC(C(=O)Nc2c(F)ccc(NC(=O)c3cc(NC(=O)C4CC4(Cl)Cl)ccc3Cl)c2F)C1. The Labute approximate surface area is 207 Å². The molecule has 34 heavy (non-hydrogen) atoms. The Hall–Kier alpha value is -2.75. The number of nitrogens with one attached hydrogen (secondary N) is 3. The van der Waals surface area contributed by atoms with Crippen LogP contribution in [0, 0.1) is 23.5 Å². The van der Waals surface area contributed by atoms with Crippen LogP contribution in [0.4, 0.5) is 25.8 Å². The number of hydrogen-bond donors (Lipinski definition) is 3. The molecule has 0 saturated heterocycles. The van der Waals surface area contributed by atoms with Crippen LogP contribution in [0.5, 0.6) is 0 Å². The average Bonchev–Trinajstić information content (AvgIpc) is 3.40. The number of ketones is 1. The van der Waals surface area contributed by atoms with Crippen molar-refractivity contribution in [2.45, 2.75) is 23.6 Å². The molecule has 1 unspecified atom stereocenters. The van der Waals surface area contributed by atoms with Gasteiger partial charge in [-0.1, -0.05) is 11.6 Å². The monoisotopic (exact) mass is 529 g/mol. The third-order valence-corrected chi connectivity index (χ3v) is 6.69. The summed E-state index contributed by atoms with van der Waals surface area (Å²) in [6.07, 6.45) is 0.311. The minimum absolute atomic E-state index is 0.00833.